The molecule has 34 heavy (non-hydrogen) atoms. The van der Waals surface area contributed by atoms with Gasteiger partial charge in [0.2, 0.25) is 5.91 Å². The first kappa shape index (κ1) is 23.5. The van der Waals surface area contributed by atoms with Gasteiger partial charge in [0, 0.05) is 11.9 Å². The average molecular weight is 483 g/mol. The molecule has 0 radical (unpaired) electrons. The molecular formula is C25H21F3N4OS. The molecule has 9 heteroatoms. The van der Waals surface area contributed by atoms with Crippen LogP contribution in [0, 0.1) is 16.7 Å². The SMILES string of the molecule is CN1C(=N)N[C@](C)(c2cc(-c3cccc(C#N)c3)cs2)[C@@H](c2ccc(CC(F)(F)F)cc2)C1=O. The Morgan fingerprint density at radius 1 is 1.18 bits per heavy atom. The highest BCUT2D eigenvalue weighted by Gasteiger charge is 2.49. The molecule has 0 unspecified atom stereocenters. The van der Waals surface area contributed by atoms with Crippen molar-refractivity contribution in [3.05, 3.63) is 81.5 Å². The van der Waals surface area contributed by atoms with Crippen molar-refractivity contribution in [3.63, 3.8) is 0 Å². The zero-order valence-corrected chi connectivity index (χ0v) is 19.2. The van der Waals surface area contributed by atoms with Crippen LogP contribution in [0.2, 0.25) is 0 Å². The minimum absolute atomic E-state index is 0.0566. The number of nitrogens with zero attached hydrogens (tertiary/aromatic N) is 2. The molecule has 2 aromatic carbocycles. The van der Waals surface area contributed by atoms with Crippen molar-refractivity contribution in [2.45, 2.75) is 31.0 Å². The van der Waals surface area contributed by atoms with Crippen LogP contribution < -0.4 is 5.32 Å². The third-order valence-electron chi connectivity index (χ3n) is 6.02. The smallest absolute Gasteiger partial charge is 0.345 e. The van der Waals surface area contributed by atoms with E-state index in [1.165, 1.54) is 35.4 Å². The maximum absolute atomic E-state index is 13.3. The molecular weight excluding hydrogens is 461 g/mol. The standard InChI is InChI=1S/C25H21F3N4OS/c1-24(20-11-19(14-34-20)18-5-3-4-16(10-18)13-29)21(22(33)32(2)23(30)31-24)17-8-6-15(7-9-17)12-25(26,27)28/h3-11,14,21H,12H2,1-2H3,(H2,30,31)/t21-,24+/m0/s1. The number of carbonyl (C=O) groups excluding carboxylic acids is 1. The normalized spacial score (nSPS) is 20.7. The summed E-state index contributed by atoms with van der Waals surface area (Å²) in [6.07, 6.45) is -5.36. The van der Waals surface area contributed by atoms with E-state index in [1.54, 1.807) is 30.3 Å². The molecule has 2 heterocycles. The second-order valence-electron chi connectivity index (χ2n) is 8.43. The molecule has 2 N–H and O–H groups in total. The van der Waals surface area contributed by atoms with Crippen LogP contribution in [0.5, 0.6) is 0 Å². The van der Waals surface area contributed by atoms with Gasteiger partial charge >= 0.3 is 6.18 Å². The molecule has 1 saturated heterocycles. The van der Waals surface area contributed by atoms with E-state index in [2.05, 4.69) is 11.4 Å². The summed E-state index contributed by atoms with van der Waals surface area (Å²) in [4.78, 5) is 15.3. The lowest BCUT2D eigenvalue weighted by Crippen LogP contribution is -2.62. The first-order valence-electron chi connectivity index (χ1n) is 10.4. The van der Waals surface area contributed by atoms with Gasteiger partial charge in [0.15, 0.2) is 5.96 Å². The molecule has 1 aliphatic heterocycles. The molecule has 4 rings (SSSR count). The molecule has 5 nitrogen and oxygen atoms in total. The number of guanidine groups is 1. The van der Waals surface area contributed by atoms with Crippen molar-refractivity contribution in [3.8, 4) is 17.2 Å². The summed E-state index contributed by atoms with van der Waals surface area (Å²) in [6.45, 7) is 1.82. The third-order valence-corrected chi connectivity index (χ3v) is 7.19. The molecule has 2 atom stereocenters. The van der Waals surface area contributed by atoms with Crippen LogP contribution in [0.15, 0.2) is 60.0 Å². The molecule has 1 fully saturated rings. The highest BCUT2D eigenvalue weighted by atomic mass is 32.1. The zero-order valence-electron chi connectivity index (χ0n) is 18.4. The number of amides is 1. The molecule has 1 amide bonds. The highest BCUT2D eigenvalue weighted by molar-refractivity contribution is 7.10. The molecule has 3 aromatic rings. The molecule has 174 valence electrons. The number of rotatable bonds is 4. The summed E-state index contributed by atoms with van der Waals surface area (Å²) >= 11 is 1.42. The topological polar surface area (TPSA) is 80.0 Å². The van der Waals surface area contributed by atoms with Crippen molar-refractivity contribution in [1.29, 1.82) is 10.7 Å². The van der Waals surface area contributed by atoms with Crippen molar-refractivity contribution in [2.75, 3.05) is 7.05 Å². The van der Waals surface area contributed by atoms with Crippen molar-refractivity contribution < 1.29 is 18.0 Å². The number of nitrogens with one attached hydrogen (secondary N) is 2. The Labute approximate surface area is 199 Å². The van der Waals surface area contributed by atoms with Gasteiger partial charge in [-0.1, -0.05) is 36.4 Å². The van der Waals surface area contributed by atoms with Crippen LogP contribution in [-0.4, -0.2) is 30.0 Å². The fourth-order valence-electron chi connectivity index (χ4n) is 4.22. The molecule has 0 spiro atoms. The molecule has 0 aliphatic carbocycles. The average Bonchev–Trinajstić information content (AvgIpc) is 3.29. The van der Waals surface area contributed by atoms with Gasteiger partial charge in [-0.05, 0) is 52.8 Å². The van der Waals surface area contributed by atoms with E-state index in [-0.39, 0.29) is 17.4 Å². The summed E-state index contributed by atoms with van der Waals surface area (Å²) in [6, 6.07) is 17.1. The largest absolute Gasteiger partial charge is 0.393 e. The Morgan fingerprint density at radius 3 is 2.53 bits per heavy atom. The minimum Gasteiger partial charge on any atom is -0.345 e. The van der Waals surface area contributed by atoms with Crippen LogP contribution in [0.25, 0.3) is 11.1 Å². The molecule has 0 saturated carbocycles. The second-order valence-corrected chi connectivity index (χ2v) is 9.34. The quantitative estimate of drug-likeness (QED) is 0.524. The number of thiophene rings is 1. The lowest BCUT2D eigenvalue weighted by atomic mass is 9.76. The second kappa shape index (κ2) is 8.61. The Bertz CT molecular complexity index is 1290. The Balaban J connectivity index is 1.75. The van der Waals surface area contributed by atoms with Crippen LogP contribution in [0.3, 0.4) is 0 Å². The summed E-state index contributed by atoms with van der Waals surface area (Å²) in [5.74, 6) is -1.14. The Kier molecular flexibility index (Phi) is 5.96. The maximum Gasteiger partial charge on any atom is 0.393 e. The fourth-order valence-corrected chi connectivity index (χ4v) is 5.29. The van der Waals surface area contributed by atoms with Gasteiger partial charge in [-0.15, -0.1) is 11.3 Å². The first-order valence-corrected chi connectivity index (χ1v) is 11.3. The lowest BCUT2D eigenvalue weighted by Gasteiger charge is -2.45. The van der Waals surface area contributed by atoms with E-state index in [0.29, 0.717) is 11.1 Å². The van der Waals surface area contributed by atoms with Gasteiger partial charge in [0.1, 0.15) is 0 Å². The predicted octanol–water partition coefficient (Wildman–Crippen LogP) is 5.39. The van der Waals surface area contributed by atoms with E-state index < -0.39 is 24.1 Å². The van der Waals surface area contributed by atoms with E-state index in [4.69, 9.17) is 5.41 Å². The predicted molar refractivity (Wildman–Crippen MR) is 124 cm³/mol. The monoisotopic (exact) mass is 482 g/mol. The Hall–Kier alpha value is -3.64. The van der Waals surface area contributed by atoms with E-state index in [9.17, 15) is 23.2 Å². The van der Waals surface area contributed by atoms with Crippen LogP contribution >= 0.6 is 11.3 Å². The maximum atomic E-state index is 13.3. The molecule has 1 aromatic heterocycles. The van der Waals surface area contributed by atoms with Gasteiger partial charge in [-0.2, -0.15) is 18.4 Å². The number of nitriles is 1. The summed E-state index contributed by atoms with van der Waals surface area (Å²) in [5, 5.41) is 22.5. The van der Waals surface area contributed by atoms with Crippen molar-refractivity contribution in [1.82, 2.24) is 10.2 Å². The number of carbonyl (C=O) groups is 1. The van der Waals surface area contributed by atoms with Crippen molar-refractivity contribution >= 4 is 23.2 Å². The third kappa shape index (κ3) is 4.41. The van der Waals surface area contributed by atoms with Gasteiger partial charge in [-0.25, -0.2) is 0 Å². The van der Waals surface area contributed by atoms with Crippen LogP contribution in [0.4, 0.5) is 13.2 Å². The van der Waals surface area contributed by atoms with Gasteiger partial charge < -0.3 is 5.32 Å². The van der Waals surface area contributed by atoms with Gasteiger partial charge in [0.05, 0.1) is 29.5 Å². The number of hydrogen-bond donors (Lipinski definition) is 2. The van der Waals surface area contributed by atoms with Crippen LogP contribution in [-0.2, 0) is 16.8 Å². The van der Waals surface area contributed by atoms with E-state index in [1.807, 2.05) is 24.4 Å². The zero-order chi connectivity index (χ0) is 24.7. The Morgan fingerprint density at radius 2 is 1.88 bits per heavy atom. The molecule has 1 aliphatic rings. The number of hydrogen-bond acceptors (Lipinski definition) is 4. The number of likely N-dealkylation sites (N-methyl/N-ethyl adjacent to an activating group) is 1. The summed E-state index contributed by atoms with van der Waals surface area (Å²) in [5.41, 5.74) is 1.94. The van der Waals surface area contributed by atoms with Crippen LogP contribution in [0.1, 0.15) is 34.4 Å². The van der Waals surface area contributed by atoms with E-state index >= 15 is 0 Å². The number of alkyl halides is 3. The molecule has 0 bridgehead atoms. The minimum atomic E-state index is -4.32. The fraction of sp³-hybridized carbons (Fsp3) is 0.240. The van der Waals surface area contributed by atoms with E-state index in [0.717, 1.165) is 16.0 Å². The summed E-state index contributed by atoms with van der Waals surface area (Å²) in [7, 11) is 1.50. The van der Waals surface area contributed by atoms with Crippen molar-refractivity contribution in [2.24, 2.45) is 0 Å². The summed E-state index contributed by atoms with van der Waals surface area (Å²) < 4.78 is 38.3. The van der Waals surface area contributed by atoms with Gasteiger partial charge in [0.25, 0.3) is 0 Å². The number of halogens is 3. The number of benzene rings is 2. The highest BCUT2D eigenvalue weighted by Crippen LogP contribution is 2.44. The lowest BCUT2D eigenvalue weighted by molar-refractivity contribution is -0.132. The van der Waals surface area contributed by atoms with Gasteiger partial charge in [-0.3, -0.25) is 15.1 Å². The first-order chi connectivity index (χ1) is 16.0.